The van der Waals surface area contributed by atoms with E-state index in [1.807, 2.05) is 121 Å². The van der Waals surface area contributed by atoms with Crippen LogP contribution in [0.15, 0.2) is 146 Å². The molecule has 5 atom stereocenters. The molecule has 2 heterocycles. The SMILES string of the molecule is O=C1c2ccccc2C(=O)N1O[C@@H]1O[C@H](COCc2ccccc2)[C@@H](OCc2ccccc2)[C@H](OCc2ccccc2)[C@H]1OCc1ccccc1. The van der Waals surface area contributed by atoms with Crippen LogP contribution < -0.4 is 0 Å². The topological polar surface area (TPSA) is 92.8 Å². The van der Waals surface area contributed by atoms with E-state index in [2.05, 4.69) is 0 Å². The number of carbonyl (C=O) groups is 2. The van der Waals surface area contributed by atoms with E-state index >= 15 is 0 Å². The first kappa shape index (κ1) is 34.4. The maximum atomic E-state index is 13.5. The van der Waals surface area contributed by atoms with Gasteiger partial charge >= 0.3 is 0 Å². The van der Waals surface area contributed by atoms with Gasteiger partial charge < -0.3 is 23.7 Å². The molecule has 5 aromatic rings. The Hall–Kier alpha value is -5.00. The molecular weight excluding hydrogens is 646 g/mol. The van der Waals surface area contributed by atoms with Crippen molar-refractivity contribution in [2.24, 2.45) is 0 Å². The van der Waals surface area contributed by atoms with Crippen molar-refractivity contribution in [3.8, 4) is 0 Å². The van der Waals surface area contributed by atoms with Gasteiger partial charge in [0.25, 0.3) is 11.8 Å². The number of imide groups is 1. The molecule has 51 heavy (non-hydrogen) atoms. The van der Waals surface area contributed by atoms with Crippen molar-refractivity contribution in [2.75, 3.05) is 6.61 Å². The third-order valence-electron chi connectivity index (χ3n) is 8.81. The first-order chi connectivity index (χ1) is 25.1. The molecule has 0 aliphatic carbocycles. The highest BCUT2D eigenvalue weighted by atomic mass is 16.8. The predicted molar refractivity (Wildman–Crippen MR) is 188 cm³/mol. The summed E-state index contributed by atoms with van der Waals surface area (Å²) < 4.78 is 32.9. The number of amides is 2. The van der Waals surface area contributed by atoms with Crippen LogP contribution in [0.1, 0.15) is 43.0 Å². The molecule has 9 heteroatoms. The summed E-state index contributed by atoms with van der Waals surface area (Å²) >= 11 is 0. The number of ether oxygens (including phenoxy) is 5. The van der Waals surface area contributed by atoms with Crippen molar-refractivity contribution in [3.05, 3.63) is 179 Å². The lowest BCUT2D eigenvalue weighted by Crippen LogP contribution is -2.62. The number of hydrogen-bond donors (Lipinski definition) is 0. The number of rotatable bonds is 15. The monoisotopic (exact) mass is 685 g/mol. The highest BCUT2D eigenvalue weighted by Gasteiger charge is 2.51. The molecule has 0 spiro atoms. The molecule has 0 radical (unpaired) electrons. The van der Waals surface area contributed by atoms with E-state index in [0.29, 0.717) is 6.61 Å². The molecule has 0 bridgehead atoms. The van der Waals surface area contributed by atoms with Crippen LogP contribution in [0.4, 0.5) is 0 Å². The first-order valence-corrected chi connectivity index (χ1v) is 17.0. The highest BCUT2D eigenvalue weighted by Crippen LogP contribution is 2.34. The van der Waals surface area contributed by atoms with Gasteiger partial charge in [-0.1, -0.05) is 133 Å². The molecule has 2 aliphatic rings. The van der Waals surface area contributed by atoms with Crippen LogP contribution in [0.25, 0.3) is 0 Å². The Morgan fingerprint density at radius 3 is 1.33 bits per heavy atom. The largest absolute Gasteiger partial charge is 0.374 e. The number of carbonyl (C=O) groups excluding carboxylic acids is 2. The van der Waals surface area contributed by atoms with Gasteiger partial charge in [0, 0.05) is 0 Å². The average molecular weight is 686 g/mol. The number of fused-ring (bicyclic) bond motifs is 1. The molecule has 260 valence electrons. The van der Waals surface area contributed by atoms with Gasteiger partial charge in [-0.15, -0.1) is 5.06 Å². The van der Waals surface area contributed by atoms with Gasteiger partial charge in [-0.3, -0.25) is 9.59 Å². The molecule has 0 unspecified atom stereocenters. The maximum Gasteiger partial charge on any atom is 0.285 e. The van der Waals surface area contributed by atoms with Crippen molar-refractivity contribution in [1.82, 2.24) is 5.06 Å². The number of benzene rings is 5. The maximum absolute atomic E-state index is 13.5. The lowest BCUT2D eigenvalue weighted by molar-refractivity contribution is -0.358. The summed E-state index contributed by atoms with van der Waals surface area (Å²) in [6.07, 6.45) is -4.41. The lowest BCUT2D eigenvalue weighted by Gasteiger charge is -2.46. The van der Waals surface area contributed by atoms with Gasteiger partial charge in [-0.2, -0.15) is 0 Å². The minimum atomic E-state index is -1.25. The Balaban J connectivity index is 1.22. The Labute approximate surface area is 297 Å². The molecule has 7 rings (SSSR count). The van der Waals surface area contributed by atoms with E-state index in [4.69, 9.17) is 28.5 Å². The molecule has 2 amide bonds. The molecule has 1 saturated heterocycles. The van der Waals surface area contributed by atoms with E-state index in [1.165, 1.54) is 0 Å². The van der Waals surface area contributed by atoms with Crippen LogP contribution >= 0.6 is 0 Å². The second kappa shape index (κ2) is 16.8. The van der Waals surface area contributed by atoms with E-state index in [1.54, 1.807) is 24.3 Å². The van der Waals surface area contributed by atoms with Crippen molar-refractivity contribution in [2.45, 2.75) is 57.1 Å². The number of nitrogens with zero attached hydrogens (tertiary/aromatic N) is 1. The smallest absolute Gasteiger partial charge is 0.285 e. The molecule has 0 N–H and O–H groups in total. The van der Waals surface area contributed by atoms with Crippen LogP contribution in [-0.2, 0) is 54.9 Å². The standard InChI is InChI=1S/C42H39NO8/c44-40-34-23-13-14-24-35(34)41(45)43(40)51-42-39(49-28-33-21-11-4-12-22-33)38(48-27-32-19-9-3-10-20-32)37(47-26-31-17-7-2-8-18-31)36(50-42)29-46-25-30-15-5-1-6-16-30/h1-24,36-39,42H,25-29H2/t36-,37-,38+,39-,42+/m1/s1. The molecule has 1 fully saturated rings. The van der Waals surface area contributed by atoms with Gasteiger partial charge in [-0.25, -0.2) is 4.84 Å². The summed E-state index contributed by atoms with van der Waals surface area (Å²) in [4.78, 5) is 33.2. The number of hydroxylamine groups is 2. The molecular formula is C42H39NO8. The normalized spacial score (nSPS) is 21.5. The van der Waals surface area contributed by atoms with Gasteiger partial charge in [-0.05, 0) is 34.4 Å². The fraction of sp³-hybridized carbons (Fsp3) is 0.238. The zero-order valence-corrected chi connectivity index (χ0v) is 28.0. The lowest BCUT2D eigenvalue weighted by atomic mass is 9.98. The summed E-state index contributed by atoms with van der Waals surface area (Å²) in [5.41, 5.74) is 4.33. The van der Waals surface area contributed by atoms with Crippen LogP contribution in [-0.4, -0.2) is 54.2 Å². The van der Waals surface area contributed by atoms with Gasteiger partial charge in [0.05, 0.1) is 44.2 Å². The predicted octanol–water partition coefficient (Wildman–Crippen LogP) is 6.91. The summed E-state index contributed by atoms with van der Waals surface area (Å²) in [5.74, 6) is -1.16. The van der Waals surface area contributed by atoms with E-state index in [0.717, 1.165) is 27.3 Å². The summed E-state index contributed by atoms with van der Waals surface area (Å²) in [7, 11) is 0. The molecule has 0 saturated carbocycles. The van der Waals surface area contributed by atoms with Crippen molar-refractivity contribution >= 4 is 11.8 Å². The summed E-state index contributed by atoms with van der Waals surface area (Å²) in [6, 6.07) is 45.8. The van der Waals surface area contributed by atoms with Crippen LogP contribution in [0.2, 0.25) is 0 Å². The quantitative estimate of drug-likeness (QED) is 0.110. The first-order valence-electron chi connectivity index (χ1n) is 17.0. The molecule has 9 nitrogen and oxygen atoms in total. The Morgan fingerprint density at radius 2 is 0.863 bits per heavy atom. The van der Waals surface area contributed by atoms with Gasteiger partial charge in [0.2, 0.25) is 6.29 Å². The minimum Gasteiger partial charge on any atom is -0.374 e. The fourth-order valence-electron chi connectivity index (χ4n) is 6.20. The zero-order chi connectivity index (χ0) is 34.8. The van der Waals surface area contributed by atoms with Gasteiger partial charge in [0.1, 0.15) is 24.4 Å². The van der Waals surface area contributed by atoms with Crippen LogP contribution in [0.3, 0.4) is 0 Å². The second-order valence-electron chi connectivity index (χ2n) is 12.4. The number of hydrogen-bond acceptors (Lipinski definition) is 8. The Morgan fingerprint density at radius 1 is 0.471 bits per heavy atom. The van der Waals surface area contributed by atoms with Gasteiger partial charge in [0.15, 0.2) is 0 Å². The molecule has 5 aromatic carbocycles. The highest BCUT2D eigenvalue weighted by molar-refractivity contribution is 6.20. The Kier molecular flexibility index (Phi) is 11.4. The Bertz CT molecular complexity index is 1820. The van der Waals surface area contributed by atoms with Crippen molar-refractivity contribution in [1.29, 1.82) is 0 Å². The van der Waals surface area contributed by atoms with Crippen molar-refractivity contribution < 1.29 is 38.1 Å². The molecule has 0 aromatic heterocycles. The second-order valence-corrected chi connectivity index (χ2v) is 12.4. The van der Waals surface area contributed by atoms with E-state index in [-0.39, 0.29) is 37.6 Å². The third-order valence-corrected chi connectivity index (χ3v) is 8.81. The minimum absolute atomic E-state index is 0.104. The van der Waals surface area contributed by atoms with Crippen LogP contribution in [0.5, 0.6) is 0 Å². The third kappa shape index (κ3) is 8.49. The molecule has 2 aliphatic heterocycles. The fourth-order valence-corrected chi connectivity index (χ4v) is 6.20. The van der Waals surface area contributed by atoms with E-state index < -0.39 is 42.5 Å². The zero-order valence-electron chi connectivity index (χ0n) is 28.0. The van der Waals surface area contributed by atoms with Crippen molar-refractivity contribution in [3.63, 3.8) is 0 Å². The summed E-state index contributed by atoms with van der Waals surface area (Å²) in [6.45, 7) is 1.12. The van der Waals surface area contributed by atoms with Crippen LogP contribution in [0, 0.1) is 0 Å². The summed E-state index contributed by atoms with van der Waals surface area (Å²) in [5, 5.41) is 0.759. The average Bonchev–Trinajstić information content (AvgIpc) is 3.42. The van der Waals surface area contributed by atoms with E-state index in [9.17, 15) is 9.59 Å².